The van der Waals surface area contributed by atoms with Gasteiger partial charge in [-0.1, -0.05) is 20.8 Å². The molecule has 0 fully saturated rings. The number of benzene rings is 1. The Hall–Kier alpha value is -1.97. The minimum Gasteiger partial charge on any atom is -0.399 e. The van der Waals surface area contributed by atoms with E-state index in [2.05, 4.69) is 31.1 Å². The first-order valence-electron chi connectivity index (χ1n) is 6.64. The van der Waals surface area contributed by atoms with Gasteiger partial charge in [0.25, 0.3) is 5.91 Å². The van der Waals surface area contributed by atoms with Crippen LogP contribution in [-0.2, 0) is 0 Å². The molecule has 2 aromatic rings. The number of hydrogen-bond acceptors (Lipinski definition) is 2. The van der Waals surface area contributed by atoms with E-state index in [1.54, 1.807) is 6.20 Å². The molecule has 0 radical (unpaired) electrons. The van der Waals surface area contributed by atoms with E-state index in [0.717, 1.165) is 10.9 Å². The fraction of sp³-hybridized carbons (Fsp3) is 0.400. The summed E-state index contributed by atoms with van der Waals surface area (Å²) in [6.07, 6.45) is 1.74. The lowest BCUT2D eigenvalue weighted by molar-refractivity contribution is 0.0946. The van der Waals surface area contributed by atoms with Gasteiger partial charge in [0.15, 0.2) is 0 Å². The Morgan fingerprint density at radius 3 is 2.79 bits per heavy atom. The normalized spacial score (nSPS) is 12.8. The molecule has 1 atom stereocenters. The van der Waals surface area contributed by atoms with Crippen LogP contribution in [0.1, 0.15) is 31.1 Å². The molecule has 19 heavy (non-hydrogen) atoms. The van der Waals surface area contributed by atoms with Crippen LogP contribution in [0.2, 0.25) is 0 Å². The van der Waals surface area contributed by atoms with E-state index in [9.17, 15) is 4.79 Å². The van der Waals surface area contributed by atoms with Crippen molar-refractivity contribution in [1.82, 2.24) is 10.3 Å². The van der Waals surface area contributed by atoms with Crippen molar-refractivity contribution in [3.63, 3.8) is 0 Å². The number of anilines is 1. The van der Waals surface area contributed by atoms with E-state index in [0.29, 0.717) is 29.6 Å². The summed E-state index contributed by atoms with van der Waals surface area (Å²) in [6, 6.07) is 5.52. The van der Waals surface area contributed by atoms with E-state index < -0.39 is 0 Å². The minimum absolute atomic E-state index is 0.0384. The summed E-state index contributed by atoms with van der Waals surface area (Å²) in [6.45, 7) is 7.15. The molecule has 1 aromatic carbocycles. The molecule has 0 saturated carbocycles. The van der Waals surface area contributed by atoms with Crippen LogP contribution in [0.4, 0.5) is 5.69 Å². The summed E-state index contributed by atoms with van der Waals surface area (Å²) < 4.78 is 0. The van der Waals surface area contributed by atoms with Crippen LogP contribution in [-0.4, -0.2) is 17.4 Å². The third kappa shape index (κ3) is 2.89. The SMILES string of the molecule is CC(C)C(C)CNC(=O)c1c[nH]c2cc(N)ccc12. The molecule has 0 saturated heterocycles. The summed E-state index contributed by atoms with van der Waals surface area (Å²) in [5, 5.41) is 3.89. The lowest BCUT2D eigenvalue weighted by Crippen LogP contribution is -2.29. The van der Waals surface area contributed by atoms with Gasteiger partial charge in [0.1, 0.15) is 0 Å². The average molecular weight is 259 g/mol. The summed E-state index contributed by atoms with van der Waals surface area (Å²) in [4.78, 5) is 15.2. The molecular weight excluding hydrogens is 238 g/mol. The standard InChI is InChI=1S/C15H21N3O/c1-9(2)10(3)7-18-15(19)13-8-17-14-6-11(16)4-5-12(13)14/h4-6,8-10,17H,7,16H2,1-3H3,(H,18,19). The summed E-state index contributed by atoms with van der Waals surface area (Å²) in [7, 11) is 0. The Morgan fingerprint density at radius 2 is 2.11 bits per heavy atom. The predicted octanol–water partition coefficient (Wildman–Crippen LogP) is 2.77. The maximum atomic E-state index is 12.2. The van der Waals surface area contributed by atoms with Gasteiger partial charge in [0.2, 0.25) is 0 Å². The van der Waals surface area contributed by atoms with Gasteiger partial charge < -0.3 is 16.0 Å². The van der Waals surface area contributed by atoms with Crippen LogP contribution in [0.5, 0.6) is 0 Å². The zero-order valence-corrected chi connectivity index (χ0v) is 11.7. The summed E-state index contributed by atoms with van der Waals surface area (Å²) >= 11 is 0. The van der Waals surface area contributed by atoms with Crippen LogP contribution in [0.3, 0.4) is 0 Å². The molecule has 1 aromatic heterocycles. The number of nitrogen functional groups attached to an aromatic ring is 1. The van der Waals surface area contributed by atoms with Crippen molar-refractivity contribution in [2.24, 2.45) is 11.8 Å². The van der Waals surface area contributed by atoms with Gasteiger partial charge in [-0.15, -0.1) is 0 Å². The van der Waals surface area contributed by atoms with Crippen molar-refractivity contribution in [2.45, 2.75) is 20.8 Å². The third-order valence-electron chi connectivity index (χ3n) is 3.67. The molecule has 0 spiro atoms. The van der Waals surface area contributed by atoms with Gasteiger partial charge in [-0.25, -0.2) is 0 Å². The number of aromatic nitrogens is 1. The van der Waals surface area contributed by atoms with Crippen molar-refractivity contribution in [3.05, 3.63) is 30.0 Å². The molecule has 1 heterocycles. The fourth-order valence-corrected chi connectivity index (χ4v) is 1.92. The van der Waals surface area contributed by atoms with Crippen molar-refractivity contribution >= 4 is 22.5 Å². The topological polar surface area (TPSA) is 70.9 Å². The van der Waals surface area contributed by atoms with E-state index in [1.807, 2.05) is 18.2 Å². The first-order chi connectivity index (χ1) is 8.99. The second kappa shape index (κ2) is 5.34. The second-order valence-electron chi connectivity index (χ2n) is 5.44. The number of carbonyl (C=O) groups is 1. The second-order valence-corrected chi connectivity index (χ2v) is 5.44. The minimum atomic E-state index is -0.0384. The van der Waals surface area contributed by atoms with Crippen molar-refractivity contribution < 1.29 is 4.79 Å². The monoisotopic (exact) mass is 259 g/mol. The Labute approximate surface area is 113 Å². The Morgan fingerprint density at radius 1 is 1.37 bits per heavy atom. The van der Waals surface area contributed by atoms with Crippen molar-refractivity contribution in [2.75, 3.05) is 12.3 Å². The molecule has 0 aliphatic rings. The number of amides is 1. The first kappa shape index (κ1) is 13.5. The van der Waals surface area contributed by atoms with E-state index in [1.165, 1.54) is 0 Å². The van der Waals surface area contributed by atoms with Gasteiger partial charge in [0.05, 0.1) is 5.56 Å². The lowest BCUT2D eigenvalue weighted by Gasteiger charge is -2.15. The Bertz CT molecular complexity index is 586. The number of nitrogens with one attached hydrogen (secondary N) is 2. The van der Waals surface area contributed by atoms with Crippen molar-refractivity contribution in [3.8, 4) is 0 Å². The van der Waals surface area contributed by atoms with Gasteiger partial charge >= 0.3 is 0 Å². The zero-order chi connectivity index (χ0) is 14.0. The molecule has 102 valence electrons. The molecule has 0 aliphatic heterocycles. The van der Waals surface area contributed by atoms with Crippen molar-refractivity contribution in [1.29, 1.82) is 0 Å². The highest BCUT2D eigenvalue weighted by Gasteiger charge is 2.14. The third-order valence-corrected chi connectivity index (χ3v) is 3.67. The van der Waals surface area contributed by atoms with Crippen LogP contribution < -0.4 is 11.1 Å². The Kier molecular flexibility index (Phi) is 3.79. The summed E-state index contributed by atoms with van der Waals surface area (Å²) in [5.74, 6) is 0.983. The maximum absolute atomic E-state index is 12.2. The smallest absolute Gasteiger partial charge is 0.253 e. The maximum Gasteiger partial charge on any atom is 0.253 e. The number of hydrogen-bond donors (Lipinski definition) is 3. The highest BCUT2D eigenvalue weighted by atomic mass is 16.1. The predicted molar refractivity (Wildman–Crippen MR) is 79.0 cm³/mol. The van der Waals surface area contributed by atoms with E-state index in [-0.39, 0.29) is 5.91 Å². The molecule has 4 nitrogen and oxygen atoms in total. The molecule has 4 N–H and O–H groups in total. The molecule has 2 rings (SSSR count). The summed E-state index contributed by atoms with van der Waals surface area (Å²) in [5.41, 5.74) is 7.97. The van der Waals surface area contributed by atoms with Gasteiger partial charge in [0, 0.05) is 29.3 Å². The van der Waals surface area contributed by atoms with Crippen LogP contribution in [0.25, 0.3) is 10.9 Å². The highest BCUT2D eigenvalue weighted by Crippen LogP contribution is 2.20. The van der Waals surface area contributed by atoms with Gasteiger partial charge in [-0.3, -0.25) is 4.79 Å². The van der Waals surface area contributed by atoms with E-state index >= 15 is 0 Å². The number of H-pyrrole nitrogens is 1. The quantitative estimate of drug-likeness (QED) is 0.739. The van der Waals surface area contributed by atoms with Gasteiger partial charge in [-0.05, 0) is 30.0 Å². The van der Waals surface area contributed by atoms with Crippen LogP contribution in [0.15, 0.2) is 24.4 Å². The Balaban J connectivity index is 2.14. The first-order valence-corrected chi connectivity index (χ1v) is 6.64. The highest BCUT2D eigenvalue weighted by molar-refractivity contribution is 6.07. The number of rotatable bonds is 4. The molecule has 1 amide bonds. The van der Waals surface area contributed by atoms with Crippen LogP contribution >= 0.6 is 0 Å². The number of aromatic amines is 1. The van der Waals surface area contributed by atoms with Crippen LogP contribution in [0, 0.1) is 11.8 Å². The number of carbonyl (C=O) groups excluding carboxylic acids is 1. The molecular formula is C15H21N3O. The zero-order valence-electron chi connectivity index (χ0n) is 11.7. The molecule has 1 unspecified atom stereocenters. The average Bonchev–Trinajstić information content (AvgIpc) is 2.78. The molecule has 0 aliphatic carbocycles. The van der Waals surface area contributed by atoms with Gasteiger partial charge in [-0.2, -0.15) is 0 Å². The number of nitrogens with two attached hydrogens (primary N) is 1. The molecule has 4 heteroatoms. The van der Waals surface area contributed by atoms with E-state index in [4.69, 9.17) is 5.73 Å². The molecule has 0 bridgehead atoms. The largest absolute Gasteiger partial charge is 0.399 e. The lowest BCUT2D eigenvalue weighted by atomic mass is 9.98. The number of fused-ring (bicyclic) bond motifs is 1. The fourth-order valence-electron chi connectivity index (χ4n) is 1.92.